The fourth-order valence-electron chi connectivity index (χ4n) is 2.76. The van der Waals surface area contributed by atoms with Crippen molar-refractivity contribution < 1.29 is 9.18 Å². The third-order valence-corrected chi connectivity index (χ3v) is 4.27. The molecule has 1 heterocycles. The highest BCUT2D eigenvalue weighted by atomic mass is 19.1. The quantitative estimate of drug-likeness (QED) is 0.745. The zero-order chi connectivity index (χ0) is 19.4. The normalized spacial score (nSPS) is 11.8. The maximum Gasteiger partial charge on any atom is 0.267 e. The number of nitrogens with one attached hydrogen (secondary N) is 1. The average Bonchev–Trinajstić information content (AvgIpc) is 2.66. The number of halogens is 1. The summed E-state index contributed by atoms with van der Waals surface area (Å²) in [5, 5.41) is 7.11. The largest absolute Gasteiger partial charge is 0.324 e. The van der Waals surface area contributed by atoms with Crippen molar-refractivity contribution in [1.29, 1.82) is 0 Å². The van der Waals surface area contributed by atoms with E-state index >= 15 is 0 Å². The van der Waals surface area contributed by atoms with Crippen LogP contribution in [0.4, 0.5) is 10.1 Å². The second-order valence-electron chi connectivity index (χ2n) is 6.29. The molecule has 1 atom stereocenters. The van der Waals surface area contributed by atoms with Gasteiger partial charge in [-0.25, -0.2) is 9.07 Å². The molecule has 27 heavy (non-hydrogen) atoms. The highest BCUT2D eigenvalue weighted by Gasteiger charge is 2.21. The van der Waals surface area contributed by atoms with Crippen LogP contribution in [0.5, 0.6) is 0 Å². The van der Waals surface area contributed by atoms with E-state index in [1.807, 2.05) is 38.1 Å². The molecule has 138 valence electrons. The van der Waals surface area contributed by atoms with E-state index in [2.05, 4.69) is 10.4 Å². The molecule has 0 unspecified atom stereocenters. The molecule has 1 amide bonds. The second kappa shape index (κ2) is 7.95. The molecule has 2 aromatic carbocycles. The summed E-state index contributed by atoms with van der Waals surface area (Å²) in [6, 6.07) is 15.5. The molecule has 1 aromatic heterocycles. The van der Waals surface area contributed by atoms with Crippen molar-refractivity contribution in [3.63, 3.8) is 0 Å². The van der Waals surface area contributed by atoms with Crippen LogP contribution in [-0.4, -0.2) is 15.7 Å². The van der Waals surface area contributed by atoms with Gasteiger partial charge in [0, 0.05) is 17.3 Å². The summed E-state index contributed by atoms with van der Waals surface area (Å²) in [4.78, 5) is 25.0. The number of carbonyl (C=O) groups excluding carboxylic acids is 1. The molecule has 5 nitrogen and oxygen atoms in total. The standard InChI is InChI=1S/C21H20FN3O2/c1-3-19(21(27)23-17-10-8-16(22)9-11-17)25-20(26)13-12-18(24-25)15-6-4-14(2)5-7-15/h4-13,19H,3H2,1-2H3,(H,23,27)/t19-/m1/s1. The molecule has 0 aliphatic heterocycles. The summed E-state index contributed by atoms with van der Waals surface area (Å²) in [7, 11) is 0. The van der Waals surface area contributed by atoms with E-state index in [0.29, 0.717) is 17.8 Å². The highest BCUT2D eigenvalue weighted by molar-refractivity contribution is 5.93. The van der Waals surface area contributed by atoms with E-state index in [1.165, 1.54) is 35.0 Å². The number of aromatic nitrogens is 2. The first-order valence-corrected chi connectivity index (χ1v) is 8.71. The Kier molecular flexibility index (Phi) is 5.45. The molecular weight excluding hydrogens is 345 g/mol. The number of carbonyl (C=O) groups is 1. The predicted molar refractivity (Wildman–Crippen MR) is 103 cm³/mol. The Labute approximate surface area is 156 Å². The van der Waals surface area contributed by atoms with E-state index in [-0.39, 0.29) is 17.3 Å². The van der Waals surface area contributed by atoms with Gasteiger partial charge in [-0.15, -0.1) is 0 Å². The first-order chi connectivity index (χ1) is 13.0. The van der Waals surface area contributed by atoms with Crippen molar-refractivity contribution in [3.8, 4) is 11.3 Å². The maximum atomic E-state index is 13.0. The van der Waals surface area contributed by atoms with Crippen LogP contribution in [0.1, 0.15) is 24.9 Å². The molecular formula is C21H20FN3O2. The van der Waals surface area contributed by atoms with Gasteiger partial charge >= 0.3 is 0 Å². The van der Waals surface area contributed by atoms with Gasteiger partial charge in [-0.3, -0.25) is 9.59 Å². The van der Waals surface area contributed by atoms with Crippen LogP contribution in [0.3, 0.4) is 0 Å². The Morgan fingerprint density at radius 2 is 1.74 bits per heavy atom. The van der Waals surface area contributed by atoms with E-state index in [9.17, 15) is 14.0 Å². The van der Waals surface area contributed by atoms with Crippen molar-refractivity contribution in [3.05, 3.63) is 82.4 Å². The summed E-state index contributed by atoms with van der Waals surface area (Å²) >= 11 is 0. The van der Waals surface area contributed by atoms with Gasteiger partial charge in [0.15, 0.2) is 0 Å². The topological polar surface area (TPSA) is 64.0 Å². The van der Waals surface area contributed by atoms with Gasteiger partial charge in [0.2, 0.25) is 5.91 Å². The molecule has 0 aliphatic rings. The maximum absolute atomic E-state index is 13.0. The monoisotopic (exact) mass is 365 g/mol. The predicted octanol–water partition coefficient (Wildman–Crippen LogP) is 3.95. The van der Waals surface area contributed by atoms with E-state index < -0.39 is 6.04 Å². The molecule has 1 N–H and O–H groups in total. The van der Waals surface area contributed by atoms with Crippen LogP contribution < -0.4 is 10.9 Å². The minimum atomic E-state index is -0.770. The van der Waals surface area contributed by atoms with E-state index in [0.717, 1.165) is 11.1 Å². The summed E-state index contributed by atoms with van der Waals surface area (Å²) in [6.45, 7) is 3.80. The SMILES string of the molecule is CC[C@H](C(=O)Nc1ccc(F)cc1)n1nc(-c2ccc(C)cc2)ccc1=O. The summed E-state index contributed by atoms with van der Waals surface area (Å²) in [5.41, 5.74) is 2.71. The fraction of sp³-hybridized carbons (Fsp3) is 0.190. The van der Waals surface area contributed by atoms with Gasteiger partial charge in [0.25, 0.3) is 5.56 Å². The number of amides is 1. The second-order valence-corrected chi connectivity index (χ2v) is 6.29. The van der Waals surface area contributed by atoms with Gasteiger partial charge in [-0.1, -0.05) is 36.8 Å². The van der Waals surface area contributed by atoms with Crippen LogP contribution in [-0.2, 0) is 4.79 Å². The number of anilines is 1. The van der Waals surface area contributed by atoms with Gasteiger partial charge in [-0.05, 0) is 43.7 Å². The third-order valence-electron chi connectivity index (χ3n) is 4.27. The molecule has 0 saturated heterocycles. The van der Waals surface area contributed by atoms with Gasteiger partial charge in [0.1, 0.15) is 11.9 Å². The van der Waals surface area contributed by atoms with Crippen LogP contribution in [0.2, 0.25) is 0 Å². The molecule has 0 fully saturated rings. The van der Waals surface area contributed by atoms with Gasteiger partial charge in [0.05, 0.1) is 5.69 Å². The smallest absolute Gasteiger partial charge is 0.267 e. The zero-order valence-corrected chi connectivity index (χ0v) is 15.1. The number of benzene rings is 2. The lowest BCUT2D eigenvalue weighted by Crippen LogP contribution is -2.34. The van der Waals surface area contributed by atoms with Crippen LogP contribution in [0.25, 0.3) is 11.3 Å². The van der Waals surface area contributed by atoms with Crippen molar-refractivity contribution >= 4 is 11.6 Å². The molecule has 0 bridgehead atoms. The Morgan fingerprint density at radius 3 is 2.37 bits per heavy atom. The van der Waals surface area contributed by atoms with Gasteiger partial charge in [-0.2, -0.15) is 5.10 Å². The Bertz CT molecular complexity index is 995. The number of hydrogen-bond acceptors (Lipinski definition) is 3. The number of hydrogen-bond donors (Lipinski definition) is 1. The third kappa shape index (κ3) is 4.28. The van der Waals surface area contributed by atoms with Crippen molar-refractivity contribution in [2.75, 3.05) is 5.32 Å². The molecule has 3 rings (SSSR count). The van der Waals surface area contributed by atoms with Crippen LogP contribution in [0, 0.1) is 12.7 Å². The average molecular weight is 365 g/mol. The van der Waals surface area contributed by atoms with Crippen LogP contribution >= 0.6 is 0 Å². The summed E-state index contributed by atoms with van der Waals surface area (Å²) in [5.74, 6) is -0.761. The van der Waals surface area contributed by atoms with Crippen LogP contribution in [0.15, 0.2) is 65.5 Å². The Hall–Kier alpha value is -3.28. The van der Waals surface area contributed by atoms with E-state index in [4.69, 9.17) is 0 Å². The Morgan fingerprint density at radius 1 is 1.07 bits per heavy atom. The highest BCUT2D eigenvalue weighted by Crippen LogP contribution is 2.18. The summed E-state index contributed by atoms with van der Waals surface area (Å²) < 4.78 is 14.2. The molecule has 0 radical (unpaired) electrons. The lowest BCUT2D eigenvalue weighted by molar-refractivity contribution is -0.119. The fourth-order valence-corrected chi connectivity index (χ4v) is 2.76. The minimum absolute atomic E-state index is 0.355. The Balaban J connectivity index is 1.90. The molecule has 6 heteroatoms. The van der Waals surface area contributed by atoms with Crippen molar-refractivity contribution in [1.82, 2.24) is 9.78 Å². The molecule has 3 aromatic rings. The van der Waals surface area contributed by atoms with Gasteiger partial charge < -0.3 is 5.32 Å². The number of aryl methyl sites for hydroxylation is 1. The minimum Gasteiger partial charge on any atom is -0.324 e. The molecule has 0 aliphatic carbocycles. The molecule has 0 saturated carbocycles. The number of nitrogens with zero attached hydrogens (tertiary/aromatic N) is 2. The number of rotatable bonds is 5. The first kappa shape index (κ1) is 18.5. The zero-order valence-electron chi connectivity index (χ0n) is 15.1. The lowest BCUT2D eigenvalue weighted by Gasteiger charge is -2.17. The van der Waals surface area contributed by atoms with E-state index in [1.54, 1.807) is 6.07 Å². The lowest BCUT2D eigenvalue weighted by atomic mass is 10.1. The van der Waals surface area contributed by atoms with Crippen molar-refractivity contribution in [2.45, 2.75) is 26.3 Å². The summed E-state index contributed by atoms with van der Waals surface area (Å²) in [6.07, 6.45) is 0.386. The molecule has 0 spiro atoms. The van der Waals surface area contributed by atoms with Crippen molar-refractivity contribution in [2.24, 2.45) is 0 Å². The first-order valence-electron chi connectivity index (χ1n) is 8.71.